The first-order chi connectivity index (χ1) is 16.2. The molecule has 1 fully saturated rings. The van der Waals surface area contributed by atoms with Gasteiger partial charge in [0.15, 0.2) is 17.3 Å². The Kier molecular flexibility index (Phi) is 6.17. The normalized spacial score (nSPS) is 14.2. The Labute approximate surface area is 197 Å². The van der Waals surface area contributed by atoms with E-state index in [4.69, 9.17) is 24.5 Å². The van der Waals surface area contributed by atoms with Crippen LogP contribution in [0.3, 0.4) is 0 Å². The van der Waals surface area contributed by atoms with E-state index < -0.39 is 0 Å². The molecule has 33 heavy (non-hydrogen) atoms. The first-order valence-electron chi connectivity index (χ1n) is 11.2. The van der Waals surface area contributed by atoms with Crippen LogP contribution < -0.4 is 9.47 Å². The van der Waals surface area contributed by atoms with Gasteiger partial charge in [-0.1, -0.05) is 30.7 Å². The first kappa shape index (κ1) is 21.7. The van der Waals surface area contributed by atoms with Gasteiger partial charge in [-0.05, 0) is 49.6 Å². The van der Waals surface area contributed by atoms with E-state index >= 15 is 0 Å². The fourth-order valence-electron chi connectivity index (χ4n) is 4.43. The van der Waals surface area contributed by atoms with Gasteiger partial charge in [0.2, 0.25) is 0 Å². The highest BCUT2D eigenvalue weighted by atomic mass is 32.2. The number of methoxy groups -OCH3 is 2. The van der Waals surface area contributed by atoms with E-state index in [1.54, 1.807) is 32.2 Å². The molecule has 0 bridgehead atoms. The molecule has 0 radical (unpaired) electrons. The monoisotopic (exact) mass is 461 g/mol. The maximum Gasteiger partial charge on any atom is 0.181 e. The number of rotatable bonds is 7. The van der Waals surface area contributed by atoms with E-state index in [9.17, 15) is 0 Å². The predicted molar refractivity (Wildman–Crippen MR) is 129 cm³/mol. The van der Waals surface area contributed by atoms with E-state index in [-0.39, 0.29) is 0 Å². The lowest BCUT2D eigenvalue weighted by molar-refractivity contribution is 0.355. The Hall–Kier alpha value is -3.13. The minimum atomic E-state index is 0.440. The Balaban J connectivity index is 1.63. The van der Waals surface area contributed by atoms with Crippen LogP contribution in [0.1, 0.15) is 48.7 Å². The summed E-state index contributed by atoms with van der Waals surface area (Å²) in [6.45, 7) is 2.06. The fourth-order valence-corrected chi connectivity index (χ4v) is 5.43. The predicted octanol–water partition coefficient (Wildman–Crippen LogP) is 5.46. The summed E-state index contributed by atoms with van der Waals surface area (Å²) in [5.74, 6) is 4.24. The number of hydrogen-bond acceptors (Lipinski definition) is 7. The summed E-state index contributed by atoms with van der Waals surface area (Å²) in [7, 11) is 3.27. The van der Waals surface area contributed by atoms with Crippen LogP contribution in [-0.4, -0.2) is 38.8 Å². The molecule has 0 amide bonds. The quantitative estimate of drug-likeness (QED) is 0.338. The molecule has 170 valence electrons. The zero-order valence-corrected chi connectivity index (χ0v) is 19.9. The lowest BCUT2D eigenvalue weighted by Gasteiger charge is -2.12. The third kappa shape index (κ3) is 4.27. The van der Waals surface area contributed by atoms with Crippen molar-refractivity contribution in [2.75, 3.05) is 14.2 Å². The Bertz CT molecular complexity index is 1270. The maximum absolute atomic E-state index is 5.52. The molecule has 0 atom stereocenters. The summed E-state index contributed by atoms with van der Waals surface area (Å²) in [5.41, 5.74) is 4.00. The van der Waals surface area contributed by atoms with E-state index in [0.29, 0.717) is 23.2 Å². The molecule has 8 heteroatoms. The highest BCUT2D eigenvalue weighted by Crippen LogP contribution is 2.37. The van der Waals surface area contributed by atoms with Gasteiger partial charge in [-0.2, -0.15) is 0 Å². The van der Waals surface area contributed by atoms with Crippen LogP contribution >= 0.6 is 11.8 Å². The molecule has 4 aromatic rings. The van der Waals surface area contributed by atoms with Crippen molar-refractivity contribution in [1.82, 2.24) is 24.6 Å². The summed E-state index contributed by atoms with van der Waals surface area (Å²) >= 11 is 1.69. The highest BCUT2D eigenvalue weighted by molar-refractivity contribution is 7.98. The van der Waals surface area contributed by atoms with Crippen LogP contribution in [0.25, 0.3) is 16.9 Å². The second-order valence-corrected chi connectivity index (χ2v) is 9.22. The molecule has 1 aromatic carbocycles. The first-order valence-corrected chi connectivity index (χ1v) is 12.2. The second kappa shape index (κ2) is 9.39. The van der Waals surface area contributed by atoms with Crippen molar-refractivity contribution in [3.05, 3.63) is 59.8 Å². The molecular formula is C25H27N5O2S. The number of benzene rings is 1. The second-order valence-electron chi connectivity index (χ2n) is 8.26. The SMILES string of the molecule is COc1ccc(-c2nc(SCc3cccnc3)c3c(C)nc(C4CCCC4)n3n2)cc1OC. The van der Waals surface area contributed by atoms with Gasteiger partial charge < -0.3 is 9.47 Å². The standard InChI is InChI=1S/C25H27N5O2S/c1-16-22-25(33-15-17-7-6-12-26-14-17)28-23(19-10-11-20(31-2)21(13-19)32-3)29-30(22)24(27-16)18-8-4-5-9-18/h6-7,10-14,18H,4-5,8-9,15H2,1-3H3. The van der Waals surface area contributed by atoms with Gasteiger partial charge in [-0.15, -0.1) is 5.10 Å². The topological polar surface area (TPSA) is 74.4 Å². The van der Waals surface area contributed by atoms with Gasteiger partial charge in [-0.25, -0.2) is 14.5 Å². The van der Waals surface area contributed by atoms with Crippen LogP contribution in [0.5, 0.6) is 11.5 Å². The van der Waals surface area contributed by atoms with Crippen LogP contribution in [0, 0.1) is 6.92 Å². The fraction of sp³-hybridized carbons (Fsp3) is 0.360. The number of ether oxygens (including phenoxy) is 2. The Morgan fingerprint density at radius 1 is 1.06 bits per heavy atom. The number of pyridine rings is 1. The van der Waals surface area contributed by atoms with Crippen molar-refractivity contribution in [3.63, 3.8) is 0 Å². The average Bonchev–Trinajstić information content (AvgIpc) is 3.51. The molecule has 1 aliphatic rings. The van der Waals surface area contributed by atoms with Crippen LogP contribution in [0.2, 0.25) is 0 Å². The molecule has 0 saturated heterocycles. The molecule has 1 aliphatic carbocycles. The number of imidazole rings is 1. The molecular weight excluding hydrogens is 434 g/mol. The molecule has 5 rings (SSSR count). The molecule has 3 heterocycles. The van der Waals surface area contributed by atoms with Crippen molar-refractivity contribution in [1.29, 1.82) is 0 Å². The van der Waals surface area contributed by atoms with Gasteiger partial charge in [0, 0.05) is 29.6 Å². The smallest absolute Gasteiger partial charge is 0.181 e. The van der Waals surface area contributed by atoms with Crippen LogP contribution in [-0.2, 0) is 5.75 Å². The van der Waals surface area contributed by atoms with Gasteiger partial charge in [0.1, 0.15) is 16.4 Å². The van der Waals surface area contributed by atoms with Crippen LogP contribution in [0.15, 0.2) is 47.8 Å². The number of nitrogens with zero attached hydrogens (tertiary/aromatic N) is 5. The molecule has 3 aromatic heterocycles. The van der Waals surface area contributed by atoms with Crippen molar-refractivity contribution >= 4 is 17.3 Å². The summed E-state index contributed by atoms with van der Waals surface area (Å²) < 4.78 is 13.0. The van der Waals surface area contributed by atoms with Crippen molar-refractivity contribution in [2.45, 2.75) is 49.3 Å². The third-order valence-corrected chi connectivity index (χ3v) is 7.15. The number of hydrogen-bond donors (Lipinski definition) is 0. The molecule has 1 saturated carbocycles. The van der Waals surface area contributed by atoms with Gasteiger partial charge >= 0.3 is 0 Å². The van der Waals surface area contributed by atoms with E-state index in [1.165, 1.54) is 12.8 Å². The largest absolute Gasteiger partial charge is 0.493 e. The number of aryl methyl sites for hydroxylation is 1. The molecule has 7 nitrogen and oxygen atoms in total. The van der Waals surface area contributed by atoms with E-state index in [2.05, 4.69) is 18.0 Å². The number of thioether (sulfide) groups is 1. The average molecular weight is 462 g/mol. The lowest BCUT2D eigenvalue weighted by Crippen LogP contribution is -2.07. The summed E-state index contributed by atoms with van der Waals surface area (Å²) in [4.78, 5) is 14.2. The minimum absolute atomic E-state index is 0.440. The molecule has 0 aliphatic heterocycles. The lowest BCUT2D eigenvalue weighted by atomic mass is 10.1. The Morgan fingerprint density at radius 2 is 1.88 bits per heavy atom. The maximum atomic E-state index is 5.52. The summed E-state index contributed by atoms with van der Waals surface area (Å²) in [6.07, 6.45) is 8.50. The van der Waals surface area contributed by atoms with Crippen molar-refractivity contribution in [2.24, 2.45) is 0 Å². The highest BCUT2D eigenvalue weighted by Gasteiger charge is 2.26. The zero-order valence-electron chi connectivity index (χ0n) is 19.1. The minimum Gasteiger partial charge on any atom is -0.493 e. The van der Waals surface area contributed by atoms with Gasteiger partial charge in [0.05, 0.1) is 19.9 Å². The zero-order chi connectivity index (χ0) is 22.8. The molecule has 0 spiro atoms. The van der Waals surface area contributed by atoms with E-state index in [0.717, 1.165) is 51.8 Å². The summed E-state index contributed by atoms with van der Waals surface area (Å²) in [6, 6.07) is 9.83. The third-order valence-electron chi connectivity index (χ3n) is 6.12. The van der Waals surface area contributed by atoms with Gasteiger partial charge in [-0.3, -0.25) is 4.98 Å². The van der Waals surface area contributed by atoms with Gasteiger partial charge in [0.25, 0.3) is 0 Å². The van der Waals surface area contributed by atoms with Crippen molar-refractivity contribution in [3.8, 4) is 22.9 Å². The number of fused-ring (bicyclic) bond motifs is 1. The van der Waals surface area contributed by atoms with Crippen molar-refractivity contribution < 1.29 is 9.47 Å². The summed E-state index contributed by atoms with van der Waals surface area (Å²) in [5, 5.41) is 5.90. The van der Waals surface area contributed by atoms with E-state index in [1.807, 2.05) is 35.0 Å². The molecule has 0 N–H and O–H groups in total. The number of aromatic nitrogens is 5. The Morgan fingerprint density at radius 3 is 2.61 bits per heavy atom. The molecule has 0 unspecified atom stereocenters. The van der Waals surface area contributed by atoms with Crippen LogP contribution in [0.4, 0.5) is 0 Å².